The number of carbonyl (C=O) groups is 2. The molecule has 0 radical (unpaired) electrons. The molecule has 1 heterocycles. The molecule has 0 aliphatic heterocycles. The highest BCUT2D eigenvalue weighted by Gasteiger charge is 2.34. The number of nitrogens with zero attached hydrogens (tertiary/aromatic N) is 4. The highest BCUT2D eigenvalue weighted by molar-refractivity contribution is 5.82. The van der Waals surface area contributed by atoms with Gasteiger partial charge in [-0.15, -0.1) is 5.10 Å². The second-order valence-electron chi connectivity index (χ2n) is 7.14. The molecule has 0 aliphatic carbocycles. The molecular weight excluding hydrogens is 324 g/mol. The van der Waals surface area contributed by atoms with Gasteiger partial charge in [-0.3, -0.25) is 4.90 Å². The summed E-state index contributed by atoms with van der Waals surface area (Å²) in [6.07, 6.45) is -0.591. The van der Waals surface area contributed by atoms with Crippen molar-refractivity contribution in [1.82, 2.24) is 20.1 Å². The Morgan fingerprint density at radius 1 is 1.20 bits per heavy atom. The Morgan fingerprint density at radius 3 is 2.44 bits per heavy atom. The van der Waals surface area contributed by atoms with Crippen LogP contribution < -0.4 is 4.84 Å². The van der Waals surface area contributed by atoms with E-state index in [4.69, 9.17) is 9.57 Å². The molecule has 1 aromatic carbocycles. The largest absolute Gasteiger partial charge is 0.444 e. The van der Waals surface area contributed by atoms with E-state index in [1.54, 1.807) is 39.0 Å². The average Bonchev–Trinajstić information content (AvgIpc) is 2.88. The topological polar surface area (TPSA) is 86.6 Å². The summed E-state index contributed by atoms with van der Waals surface area (Å²) in [5.74, 6) is -0.793. The average molecular weight is 348 g/mol. The third kappa shape index (κ3) is 4.46. The number of benzene rings is 1. The van der Waals surface area contributed by atoms with Crippen molar-refractivity contribution < 1.29 is 19.2 Å². The van der Waals surface area contributed by atoms with Crippen LogP contribution in [0.4, 0.5) is 4.79 Å². The van der Waals surface area contributed by atoms with E-state index in [1.165, 1.54) is 11.9 Å². The smallest absolute Gasteiger partial charge is 0.410 e. The van der Waals surface area contributed by atoms with Crippen molar-refractivity contribution in [2.24, 2.45) is 5.92 Å². The Kier molecular flexibility index (Phi) is 5.30. The zero-order valence-electron chi connectivity index (χ0n) is 15.4. The summed E-state index contributed by atoms with van der Waals surface area (Å²) in [5.41, 5.74) is 0.522. The van der Waals surface area contributed by atoms with Crippen molar-refractivity contribution in [3.8, 4) is 0 Å². The molecule has 0 saturated carbocycles. The third-order valence-corrected chi connectivity index (χ3v) is 3.47. The second-order valence-corrected chi connectivity index (χ2v) is 7.14. The summed E-state index contributed by atoms with van der Waals surface area (Å²) in [6.45, 7) is 8.95. The van der Waals surface area contributed by atoms with Crippen molar-refractivity contribution in [3.05, 3.63) is 24.3 Å². The van der Waals surface area contributed by atoms with Crippen molar-refractivity contribution >= 4 is 23.1 Å². The van der Waals surface area contributed by atoms with Crippen LogP contribution in [0.15, 0.2) is 24.3 Å². The molecule has 0 N–H and O–H groups in total. The number of para-hydroxylation sites is 1. The molecule has 8 nitrogen and oxygen atoms in total. The lowest BCUT2D eigenvalue weighted by Gasteiger charge is -2.31. The van der Waals surface area contributed by atoms with Crippen LogP contribution in [0.3, 0.4) is 0 Å². The molecule has 8 heteroatoms. The highest BCUT2D eigenvalue weighted by Crippen LogP contribution is 2.16. The summed E-state index contributed by atoms with van der Waals surface area (Å²) >= 11 is 0. The minimum absolute atomic E-state index is 0.181. The second kappa shape index (κ2) is 7.08. The van der Waals surface area contributed by atoms with Crippen molar-refractivity contribution in [2.45, 2.75) is 46.3 Å². The molecule has 1 amide bonds. The zero-order valence-corrected chi connectivity index (χ0v) is 15.4. The van der Waals surface area contributed by atoms with E-state index in [1.807, 2.05) is 19.9 Å². The summed E-state index contributed by atoms with van der Waals surface area (Å²) in [6, 6.07) is 6.29. The Balaban J connectivity index is 2.19. The van der Waals surface area contributed by atoms with Crippen LogP contribution >= 0.6 is 0 Å². The maximum Gasteiger partial charge on any atom is 0.410 e. The monoisotopic (exact) mass is 348 g/mol. The maximum absolute atomic E-state index is 12.6. The van der Waals surface area contributed by atoms with Gasteiger partial charge in [-0.25, -0.2) is 9.59 Å². The third-order valence-electron chi connectivity index (χ3n) is 3.47. The number of rotatable bonds is 4. The summed E-state index contributed by atoms with van der Waals surface area (Å²) < 4.78 is 5.33. The number of amides is 1. The molecule has 2 rings (SSSR count). The van der Waals surface area contributed by atoms with E-state index < -0.39 is 23.7 Å². The van der Waals surface area contributed by atoms with Crippen LogP contribution in [0.2, 0.25) is 0 Å². The molecule has 0 spiro atoms. The molecular formula is C17H24N4O4. The molecule has 136 valence electrons. The van der Waals surface area contributed by atoms with Gasteiger partial charge in [-0.1, -0.05) is 30.8 Å². The summed E-state index contributed by atoms with van der Waals surface area (Å²) in [7, 11) is 1.51. The van der Waals surface area contributed by atoms with E-state index in [0.29, 0.717) is 11.0 Å². The molecule has 25 heavy (non-hydrogen) atoms. The first-order chi connectivity index (χ1) is 11.6. The first-order valence-electron chi connectivity index (χ1n) is 8.08. The maximum atomic E-state index is 12.6. The molecule has 2 aromatic rings. The molecule has 0 fully saturated rings. The number of carbonyl (C=O) groups excluding carboxylic acids is 2. The standard InChI is InChI=1S/C17H24N4O4/c1-11(2)14(20(6)16(23)24-17(3,4)5)15(22)25-21-13-10-8-7-9-12(13)18-19-21/h7-11,14H,1-6H3/t14-/m0/s1. The molecule has 0 aliphatic rings. The van der Waals surface area contributed by atoms with Crippen LogP contribution in [0.1, 0.15) is 34.6 Å². The molecule has 0 saturated heterocycles. The minimum atomic E-state index is -0.821. The van der Waals surface area contributed by atoms with Crippen LogP contribution in [-0.2, 0) is 9.53 Å². The highest BCUT2D eigenvalue weighted by atomic mass is 16.7. The Morgan fingerprint density at radius 2 is 1.84 bits per heavy atom. The Bertz CT molecular complexity index is 763. The zero-order chi connectivity index (χ0) is 18.8. The van der Waals surface area contributed by atoms with Gasteiger partial charge in [0.15, 0.2) is 0 Å². The SMILES string of the molecule is CC(C)[C@@H](C(=O)On1nnc2ccccc21)N(C)C(=O)OC(C)(C)C. The normalized spacial score (nSPS) is 12.9. The van der Waals surface area contributed by atoms with Gasteiger partial charge in [0.1, 0.15) is 22.7 Å². The minimum Gasteiger partial charge on any atom is -0.444 e. The van der Waals surface area contributed by atoms with Crippen molar-refractivity contribution in [3.63, 3.8) is 0 Å². The summed E-state index contributed by atoms with van der Waals surface area (Å²) in [5, 5.41) is 7.76. The van der Waals surface area contributed by atoms with Gasteiger partial charge >= 0.3 is 12.1 Å². The van der Waals surface area contributed by atoms with Gasteiger partial charge in [0, 0.05) is 7.05 Å². The molecule has 1 aromatic heterocycles. The number of ether oxygens (including phenoxy) is 1. The van der Waals surface area contributed by atoms with Crippen LogP contribution in [0, 0.1) is 5.92 Å². The van der Waals surface area contributed by atoms with Gasteiger partial charge in [-0.2, -0.15) is 0 Å². The van der Waals surface area contributed by atoms with Crippen molar-refractivity contribution in [2.75, 3.05) is 7.05 Å². The first kappa shape index (κ1) is 18.7. The number of likely N-dealkylation sites (N-methyl/N-ethyl adjacent to an activating group) is 1. The first-order valence-corrected chi connectivity index (χ1v) is 8.08. The van der Waals surface area contributed by atoms with Gasteiger partial charge in [0.25, 0.3) is 0 Å². The molecule has 0 bridgehead atoms. The lowest BCUT2D eigenvalue weighted by atomic mass is 10.0. The lowest BCUT2D eigenvalue weighted by molar-refractivity contribution is -0.152. The Hall–Kier alpha value is -2.64. The lowest BCUT2D eigenvalue weighted by Crippen LogP contribution is -2.50. The van der Waals surface area contributed by atoms with E-state index in [2.05, 4.69) is 10.3 Å². The van der Waals surface area contributed by atoms with E-state index in [0.717, 1.165) is 4.85 Å². The van der Waals surface area contributed by atoms with Gasteiger partial charge in [-0.05, 0) is 44.0 Å². The van der Waals surface area contributed by atoms with E-state index >= 15 is 0 Å². The predicted octanol–water partition coefficient (Wildman–Crippen LogP) is 2.28. The van der Waals surface area contributed by atoms with Gasteiger partial charge in [0.2, 0.25) is 0 Å². The Labute approximate surface area is 146 Å². The fourth-order valence-electron chi connectivity index (χ4n) is 2.38. The molecule has 1 atom stereocenters. The number of hydrogen-bond acceptors (Lipinski definition) is 6. The van der Waals surface area contributed by atoms with E-state index in [-0.39, 0.29) is 5.92 Å². The van der Waals surface area contributed by atoms with Crippen LogP contribution in [-0.4, -0.2) is 50.8 Å². The fourth-order valence-corrected chi connectivity index (χ4v) is 2.38. The number of fused-ring (bicyclic) bond motifs is 1. The van der Waals surface area contributed by atoms with E-state index in [9.17, 15) is 9.59 Å². The van der Waals surface area contributed by atoms with Crippen LogP contribution in [0.5, 0.6) is 0 Å². The van der Waals surface area contributed by atoms with Crippen LogP contribution in [0.25, 0.3) is 11.0 Å². The fraction of sp³-hybridized carbons (Fsp3) is 0.529. The number of hydrogen-bond donors (Lipinski definition) is 0. The molecule has 0 unspecified atom stereocenters. The van der Waals surface area contributed by atoms with Gasteiger partial charge < -0.3 is 9.57 Å². The summed E-state index contributed by atoms with van der Waals surface area (Å²) in [4.78, 5) is 32.6. The van der Waals surface area contributed by atoms with Crippen molar-refractivity contribution in [1.29, 1.82) is 0 Å². The predicted molar refractivity (Wildman–Crippen MR) is 91.7 cm³/mol. The quantitative estimate of drug-likeness (QED) is 0.788. The number of aromatic nitrogens is 3. The van der Waals surface area contributed by atoms with Gasteiger partial charge in [0.05, 0.1) is 0 Å².